The highest BCUT2D eigenvalue weighted by Gasteiger charge is 2.08. The lowest BCUT2D eigenvalue weighted by Gasteiger charge is -2.11. The number of carbonyl (C=O) groups excluding carboxylic acids is 1. The van der Waals surface area contributed by atoms with Crippen molar-refractivity contribution in [2.45, 2.75) is 129 Å². The maximum Gasteiger partial charge on any atom is 0.306 e. The Labute approximate surface area is 209 Å². The molecular weight excluding hydrogens is 424 g/mol. The quantitative estimate of drug-likeness (QED) is 0.0912. The van der Waals surface area contributed by atoms with E-state index in [9.17, 15) is 9.59 Å². The molecule has 34 heavy (non-hydrogen) atoms. The summed E-state index contributed by atoms with van der Waals surface area (Å²) in [6.45, 7) is 4.33. The fourth-order valence-corrected chi connectivity index (χ4v) is 3.47. The molecule has 0 aliphatic carbocycles. The highest BCUT2D eigenvalue weighted by molar-refractivity contribution is 5.69. The maximum atomic E-state index is 12.3. The van der Waals surface area contributed by atoms with Gasteiger partial charge in [-0.3, -0.25) is 9.59 Å². The van der Waals surface area contributed by atoms with Crippen LogP contribution < -0.4 is 0 Å². The molecular formula is C30H50O4. The second kappa shape index (κ2) is 25.5. The van der Waals surface area contributed by atoms with Gasteiger partial charge in [0.1, 0.15) is 6.10 Å². The van der Waals surface area contributed by atoms with Gasteiger partial charge in [-0.05, 0) is 69.9 Å². The Morgan fingerprint density at radius 1 is 0.676 bits per heavy atom. The number of hydrogen-bond acceptors (Lipinski definition) is 3. The van der Waals surface area contributed by atoms with E-state index in [0.717, 1.165) is 44.9 Å². The Bertz CT molecular complexity index is 601. The van der Waals surface area contributed by atoms with Crippen molar-refractivity contribution < 1.29 is 19.4 Å². The fraction of sp³-hybridized carbons (Fsp3) is 0.667. The molecule has 0 amide bonds. The number of ether oxygens (including phenoxy) is 1. The average molecular weight is 475 g/mol. The number of unbranched alkanes of at least 4 members (excludes halogenated alkanes) is 10. The van der Waals surface area contributed by atoms with Gasteiger partial charge >= 0.3 is 11.9 Å². The van der Waals surface area contributed by atoms with Crippen LogP contribution in [0.1, 0.15) is 123 Å². The Balaban J connectivity index is 4.17. The van der Waals surface area contributed by atoms with Gasteiger partial charge in [0.15, 0.2) is 0 Å². The number of hydrogen-bond donors (Lipinski definition) is 1. The zero-order chi connectivity index (χ0) is 25.1. The second-order valence-corrected chi connectivity index (χ2v) is 8.84. The van der Waals surface area contributed by atoms with Crippen molar-refractivity contribution in [3.8, 4) is 0 Å². The van der Waals surface area contributed by atoms with Crippen LogP contribution in [0.3, 0.4) is 0 Å². The number of carbonyl (C=O) groups is 2. The first-order chi connectivity index (χ1) is 16.6. The molecule has 194 valence electrons. The minimum Gasteiger partial charge on any atom is -0.481 e. The predicted molar refractivity (Wildman–Crippen MR) is 144 cm³/mol. The number of carboxylic acids is 1. The topological polar surface area (TPSA) is 63.6 Å². The summed E-state index contributed by atoms with van der Waals surface area (Å²) in [5.41, 5.74) is 0. The van der Waals surface area contributed by atoms with Crippen molar-refractivity contribution in [2.24, 2.45) is 0 Å². The number of allylic oxidation sites excluding steroid dienone is 6. The lowest BCUT2D eigenvalue weighted by atomic mass is 10.1. The average Bonchev–Trinajstić information content (AvgIpc) is 2.81. The standard InChI is InChI=1S/C30H50O4/c1-3-5-7-9-10-11-12-13-14-19-23-27-30(33)34-28(24-20-16-8-6-4-2)25-21-17-15-18-22-26-29(31)32/h6,8-10,20-21,24-25,28H,3-5,7,11-19,22-23,26-27H2,1-2H3,(H,31,32)/b8-6-,10-9-,24-20-,25-21-. The number of rotatable bonds is 23. The Morgan fingerprint density at radius 3 is 1.97 bits per heavy atom. The normalized spacial score (nSPS) is 13.0. The minimum atomic E-state index is -0.736. The first-order valence-electron chi connectivity index (χ1n) is 13.6. The maximum absolute atomic E-state index is 12.3. The number of aliphatic carboxylic acids is 1. The predicted octanol–water partition coefficient (Wildman–Crippen LogP) is 8.88. The molecule has 0 fully saturated rings. The van der Waals surface area contributed by atoms with E-state index in [1.807, 2.05) is 24.3 Å². The molecule has 0 saturated heterocycles. The van der Waals surface area contributed by atoms with Crippen LogP contribution in [0.2, 0.25) is 0 Å². The summed E-state index contributed by atoms with van der Waals surface area (Å²) in [4.78, 5) is 22.9. The van der Waals surface area contributed by atoms with E-state index >= 15 is 0 Å². The summed E-state index contributed by atoms with van der Waals surface area (Å²) in [5.74, 6) is -0.872. The second-order valence-electron chi connectivity index (χ2n) is 8.84. The van der Waals surface area contributed by atoms with Crippen LogP contribution in [0.5, 0.6) is 0 Å². The minimum absolute atomic E-state index is 0.135. The Kier molecular flexibility index (Phi) is 23.9. The van der Waals surface area contributed by atoms with Gasteiger partial charge in [-0.2, -0.15) is 0 Å². The molecule has 0 aliphatic heterocycles. The molecule has 0 rings (SSSR count). The summed E-state index contributed by atoms with van der Waals surface area (Å²) in [6, 6.07) is 0. The van der Waals surface area contributed by atoms with Crippen molar-refractivity contribution in [1.82, 2.24) is 0 Å². The smallest absolute Gasteiger partial charge is 0.306 e. The van der Waals surface area contributed by atoms with Crippen LogP contribution >= 0.6 is 0 Å². The molecule has 0 bridgehead atoms. The van der Waals surface area contributed by atoms with Gasteiger partial charge in [-0.15, -0.1) is 0 Å². The van der Waals surface area contributed by atoms with Crippen LogP contribution in [-0.4, -0.2) is 23.1 Å². The van der Waals surface area contributed by atoms with Crippen molar-refractivity contribution in [1.29, 1.82) is 0 Å². The van der Waals surface area contributed by atoms with E-state index in [-0.39, 0.29) is 18.5 Å². The molecule has 1 N–H and O–H groups in total. The van der Waals surface area contributed by atoms with Gasteiger partial charge in [0.05, 0.1) is 0 Å². The number of carboxylic acid groups (broad SMARTS) is 1. The first kappa shape index (κ1) is 31.9. The Hall–Kier alpha value is -2.10. The molecule has 0 aromatic carbocycles. The van der Waals surface area contributed by atoms with Gasteiger partial charge in [0.25, 0.3) is 0 Å². The summed E-state index contributed by atoms with van der Waals surface area (Å²) in [7, 11) is 0. The lowest BCUT2D eigenvalue weighted by molar-refractivity contribution is -0.145. The largest absolute Gasteiger partial charge is 0.481 e. The van der Waals surface area contributed by atoms with Crippen molar-refractivity contribution in [3.63, 3.8) is 0 Å². The monoisotopic (exact) mass is 474 g/mol. The third kappa shape index (κ3) is 24.5. The lowest BCUT2D eigenvalue weighted by Crippen LogP contribution is -2.13. The molecule has 0 heterocycles. The third-order valence-electron chi connectivity index (χ3n) is 5.50. The molecule has 1 atom stereocenters. The molecule has 0 spiro atoms. The summed E-state index contributed by atoms with van der Waals surface area (Å²) >= 11 is 0. The number of esters is 1. The molecule has 4 nitrogen and oxygen atoms in total. The molecule has 0 saturated carbocycles. The van der Waals surface area contributed by atoms with Gasteiger partial charge in [-0.1, -0.05) is 88.8 Å². The third-order valence-corrected chi connectivity index (χ3v) is 5.50. The van der Waals surface area contributed by atoms with E-state index in [1.54, 1.807) is 0 Å². The van der Waals surface area contributed by atoms with Crippen molar-refractivity contribution in [2.75, 3.05) is 0 Å². The van der Waals surface area contributed by atoms with Gasteiger partial charge in [0.2, 0.25) is 0 Å². The molecule has 0 radical (unpaired) electrons. The van der Waals surface area contributed by atoms with Crippen LogP contribution in [0, 0.1) is 0 Å². The first-order valence-corrected chi connectivity index (χ1v) is 13.6. The zero-order valence-corrected chi connectivity index (χ0v) is 21.9. The van der Waals surface area contributed by atoms with E-state index in [4.69, 9.17) is 9.84 Å². The summed E-state index contributed by atoms with van der Waals surface area (Å²) in [6.07, 6.45) is 33.0. The Morgan fingerprint density at radius 2 is 1.26 bits per heavy atom. The SMILES string of the molecule is CC/C=C\C/C=C\C(/C=C\CCCCCC(=O)O)OC(=O)CCCCCCC/C=C\CCCC. The summed E-state index contributed by atoms with van der Waals surface area (Å²) < 4.78 is 5.68. The fourth-order valence-electron chi connectivity index (χ4n) is 3.47. The highest BCUT2D eigenvalue weighted by atomic mass is 16.5. The molecule has 1 unspecified atom stereocenters. The molecule has 0 aromatic heterocycles. The summed E-state index contributed by atoms with van der Waals surface area (Å²) in [5, 5.41) is 8.69. The van der Waals surface area contributed by atoms with Gasteiger partial charge in [0, 0.05) is 12.8 Å². The van der Waals surface area contributed by atoms with Gasteiger partial charge < -0.3 is 9.84 Å². The van der Waals surface area contributed by atoms with Crippen LogP contribution in [-0.2, 0) is 14.3 Å². The van der Waals surface area contributed by atoms with E-state index in [1.165, 1.54) is 44.9 Å². The van der Waals surface area contributed by atoms with Crippen molar-refractivity contribution in [3.05, 3.63) is 48.6 Å². The van der Waals surface area contributed by atoms with Gasteiger partial charge in [-0.25, -0.2) is 0 Å². The van der Waals surface area contributed by atoms with E-state index in [2.05, 4.69) is 38.2 Å². The zero-order valence-electron chi connectivity index (χ0n) is 21.9. The molecule has 0 aliphatic rings. The molecule has 0 aromatic rings. The van der Waals surface area contributed by atoms with Crippen molar-refractivity contribution >= 4 is 11.9 Å². The highest BCUT2D eigenvalue weighted by Crippen LogP contribution is 2.11. The van der Waals surface area contributed by atoms with Crippen LogP contribution in [0.15, 0.2) is 48.6 Å². The van der Waals surface area contributed by atoms with Crippen LogP contribution in [0.25, 0.3) is 0 Å². The van der Waals surface area contributed by atoms with E-state index in [0.29, 0.717) is 12.8 Å². The van der Waals surface area contributed by atoms with E-state index < -0.39 is 5.97 Å². The van der Waals surface area contributed by atoms with Crippen LogP contribution in [0.4, 0.5) is 0 Å². The molecule has 4 heteroatoms.